The third-order valence-electron chi connectivity index (χ3n) is 2.52. The van der Waals surface area contributed by atoms with Crippen LogP contribution in [0.25, 0.3) is 0 Å². The van der Waals surface area contributed by atoms with Gasteiger partial charge in [0.05, 0.1) is 4.47 Å². The highest BCUT2D eigenvalue weighted by molar-refractivity contribution is 9.10. The molecule has 1 heterocycles. The molecule has 2 rings (SSSR count). The number of rotatable bonds is 3. The van der Waals surface area contributed by atoms with Gasteiger partial charge in [0, 0.05) is 12.0 Å². The van der Waals surface area contributed by atoms with E-state index in [1.807, 2.05) is 13.1 Å². The van der Waals surface area contributed by atoms with Crippen LogP contribution in [0, 0.1) is 0 Å². The first-order chi connectivity index (χ1) is 5.74. The summed E-state index contributed by atoms with van der Waals surface area (Å²) in [5, 5.41) is 3.33. The van der Waals surface area contributed by atoms with Gasteiger partial charge in [-0.1, -0.05) is 0 Å². The third-order valence-corrected chi connectivity index (χ3v) is 2.93. The Kier molecular flexibility index (Phi) is 2.00. The maximum absolute atomic E-state index is 5.36. The zero-order valence-corrected chi connectivity index (χ0v) is 8.65. The van der Waals surface area contributed by atoms with Crippen LogP contribution in [0.15, 0.2) is 21.2 Å². The molecule has 66 valence electrons. The van der Waals surface area contributed by atoms with Gasteiger partial charge in [-0.2, -0.15) is 0 Å². The Labute approximate surface area is 80.5 Å². The summed E-state index contributed by atoms with van der Waals surface area (Å²) < 4.78 is 6.39. The number of nitrogens with one attached hydrogen (secondary N) is 1. The summed E-state index contributed by atoms with van der Waals surface area (Å²) in [7, 11) is 2.02. The Bertz CT molecular complexity index is 278. The van der Waals surface area contributed by atoms with Gasteiger partial charge in [0.2, 0.25) is 0 Å². The van der Waals surface area contributed by atoms with E-state index in [4.69, 9.17) is 4.42 Å². The highest BCUT2D eigenvalue weighted by Gasteiger charge is 2.41. The second-order valence-electron chi connectivity index (χ2n) is 3.44. The van der Waals surface area contributed by atoms with Crippen LogP contribution in [0.1, 0.15) is 18.6 Å². The molecule has 1 fully saturated rings. The van der Waals surface area contributed by atoms with Crippen molar-refractivity contribution >= 4 is 15.9 Å². The van der Waals surface area contributed by atoms with Crippen molar-refractivity contribution in [2.24, 2.45) is 0 Å². The van der Waals surface area contributed by atoms with E-state index >= 15 is 0 Å². The molecule has 1 aliphatic carbocycles. The fourth-order valence-corrected chi connectivity index (χ4v) is 1.79. The standard InChI is InChI=1S/C9H12BrNO/c1-11-9(2-3-9)5-8-4-7(10)6-12-8/h4,6,11H,2-3,5H2,1H3. The quantitative estimate of drug-likeness (QED) is 0.862. The minimum atomic E-state index is 0.345. The van der Waals surface area contributed by atoms with Crippen LogP contribution in [-0.4, -0.2) is 12.6 Å². The van der Waals surface area contributed by atoms with Gasteiger partial charge < -0.3 is 9.73 Å². The van der Waals surface area contributed by atoms with E-state index in [0.29, 0.717) is 5.54 Å². The molecule has 0 radical (unpaired) electrons. The van der Waals surface area contributed by atoms with Gasteiger partial charge in [-0.3, -0.25) is 0 Å². The van der Waals surface area contributed by atoms with Crippen molar-refractivity contribution in [3.05, 3.63) is 22.6 Å². The topological polar surface area (TPSA) is 25.2 Å². The lowest BCUT2D eigenvalue weighted by molar-refractivity contribution is 0.449. The number of halogens is 1. The third kappa shape index (κ3) is 1.57. The van der Waals surface area contributed by atoms with Gasteiger partial charge in [-0.25, -0.2) is 0 Å². The van der Waals surface area contributed by atoms with E-state index < -0.39 is 0 Å². The SMILES string of the molecule is CNC1(Cc2cc(Br)co2)CC1. The molecule has 1 aromatic heterocycles. The van der Waals surface area contributed by atoms with E-state index in [1.54, 1.807) is 6.26 Å². The zero-order chi connectivity index (χ0) is 8.60. The number of furan rings is 1. The van der Waals surface area contributed by atoms with Crippen LogP contribution in [-0.2, 0) is 6.42 Å². The average molecular weight is 230 g/mol. The molecule has 1 aliphatic rings. The fraction of sp³-hybridized carbons (Fsp3) is 0.556. The van der Waals surface area contributed by atoms with Crippen molar-refractivity contribution in [3.8, 4) is 0 Å². The van der Waals surface area contributed by atoms with Crippen LogP contribution < -0.4 is 5.32 Å². The summed E-state index contributed by atoms with van der Waals surface area (Å²) in [4.78, 5) is 0. The van der Waals surface area contributed by atoms with Gasteiger partial charge in [0.1, 0.15) is 12.0 Å². The summed E-state index contributed by atoms with van der Waals surface area (Å²) in [6.07, 6.45) is 5.28. The Morgan fingerprint density at radius 3 is 2.83 bits per heavy atom. The first kappa shape index (κ1) is 8.32. The first-order valence-electron chi connectivity index (χ1n) is 4.16. The van der Waals surface area contributed by atoms with Crippen molar-refractivity contribution in [2.45, 2.75) is 24.8 Å². The molecule has 0 atom stereocenters. The molecular formula is C9H12BrNO. The lowest BCUT2D eigenvalue weighted by Gasteiger charge is -2.10. The molecule has 1 saturated carbocycles. The van der Waals surface area contributed by atoms with Gasteiger partial charge in [0.15, 0.2) is 0 Å². The van der Waals surface area contributed by atoms with E-state index in [9.17, 15) is 0 Å². The summed E-state index contributed by atoms with van der Waals surface area (Å²) in [6.45, 7) is 0. The molecule has 1 aromatic rings. The monoisotopic (exact) mass is 229 g/mol. The molecule has 1 N–H and O–H groups in total. The Hall–Kier alpha value is -0.280. The number of likely N-dealkylation sites (N-methyl/N-ethyl adjacent to an activating group) is 1. The Morgan fingerprint density at radius 2 is 2.42 bits per heavy atom. The fourth-order valence-electron chi connectivity index (χ4n) is 1.45. The zero-order valence-electron chi connectivity index (χ0n) is 7.06. The first-order valence-corrected chi connectivity index (χ1v) is 4.95. The molecular weight excluding hydrogens is 218 g/mol. The Morgan fingerprint density at radius 1 is 1.67 bits per heavy atom. The van der Waals surface area contributed by atoms with Gasteiger partial charge in [-0.15, -0.1) is 0 Å². The number of hydrogen-bond acceptors (Lipinski definition) is 2. The van der Waals surface area contributed by atoms with E-state index in [1.165, 1.54) is 12.8 Å². The van der Waals surface area contributed by atoms with Crippen molar-refractivity contribution in [2.75, 3.05) is 7.05 Å². The molecule has 0 spiro atoms. The molecule has 0 bridgehead atoms. The van der Waals surface area contributed by atoms with E-state index in [-0.39, 0.29) is 0 Å². The van der Waals surface area contributed by atoms with Gasteiger partial charge in [-0.05, 0) is 41.9 Å². The van der Waals surface area contributed by atoms with Crippen LogP contribution >= 0.6 is 15.9 Å². The molecule has 3 heteroatoms. The maximum atomic E-state index is 5.36. The second kappa shape index (κ2) is 2.89. The maximum Gasteiger partial charge on any atom is 0.106 e. The predicted octanol–water partition coefficient (Wildman–Crippen LogP) is 2.34. The van der Waals surface area contributed by atoms with Gasteiger partial charge >= 0.3 is 0 Å². The van der Waals surface area contributed by atoms with Crippen LogP contribution in [0.3, 0.4) is 0 Å². The van der Waals surface area contributed by atoms with Crippen molar-refractivity contribution < 1.29 is 4.42 Å². The van der Waals surface area contributed by atoms with Crippen LogP contribution in [0.4, 0.5) is 0 Å². The molecule has 0 saturated heterocycles. The molecule has 12 heavy (non-hydrogen) atoms. The minimum Gasteiger partial charge on any atom is -0.468 e. The summed E-state index contributed by atoms with van der Waals surface area (Å²) >= 11 is 3.37. The van der Waals surface area contributed by atoms with Crippen molar-refractivity contribution in [3.63, 3.8) is 0 Å². The summed E-state index contributed by atoms with van der Waals surface area (Å²) in [5.41, 5.74) is 0.345. The van der Waals surface area contributed by atoms with Crippen molar-refractivity contribution in [1.82, 2.24) is 5.32 Å². The molecule has 0 unspecified atom stereocenters. The summed E-state index contributed by atoms with van der Waals surface area (Å²) in [5.74, 6) is 1.06. The smallest absolute Gasteiger partial charge is 0.106 e. The van der Waals surface area contributed by atoms with E-state index in [0.717, 1.165) is 16.7 Å². The predicted molar refractivity (Wildman–Crippen MR) is 51.1 cm³/mol. The highest BCUT2D eigenvalue weighted by Crippen LogP contribution is 2.38. The summed E-state index contributed by atoms with van der Waals surface area (Å²) in [6, 6.07) is 2.04. The van der Waals surface area contributed by atoms with Gasteiger partial charge in [0.25, 0.3) is 0 Å². The molecule has 0 aromatic carbocycles. The largest absolute Gasteiger partial charge is 0.468 e. The van der Waals surface area contributed by atoms with Crippen LogP contribution in [0.5, 0.6) is 0 Å². The Balaban J connectivity index is 2.04. The molecule has 0 amide bonds. The second-order valence-corrected chi connectivity index (χ2v) is 4.35. The number of hydrogen-bond donors (Lipinski definition) is 1. The average Bonchev–Trinajstić information content (AvgIpc) is 2.71. The lowest BCUT2D eigenvalue weighted by Crippen LogP contribution is -2.29. The normalized spacial score (nSPS) is 19.5. The highest BCUT2D eigenvalue weighted by atomic mass is 79.9. The van der Waals surface area contributed by atoms with Crippen LogP contribution in [0.2, 0.25) is 0 Å². The molecule has 0 aliphatic heterocycles. The van der Waals surface area contributed by atoms with Crippen molar-refractivity contribution in [1.29, 1.82) is 0 Å². The molecule has 2 nitrogen and oxygen atoms in total. The van der Waals surface area contributed by atoms with E-state index in [2.05, 4.69) is 21.2 Å². The minimum absolute atomic E-state index is 0.345. The lowest BCUT2D eigenvalue weighted by atomic mass is 10.1.